The quantitative estimate of drug-likeness (QED) is 0.177. The van der Waals surface area contributed by atoms with Gasteiger partial charge in [0.05, 0.1) is 17.1 Å². The van der Waals surface area contributed by atoms with Crippen molar-refractivity contribution >= 4 is 29.5 Å². The van der Waals surface area contributed by atoms with Crippen LogP contribution in [0.25, 0.3) is 0 Å². The van der Waals surface area contributed by atoms with Crippen LogP contribution in [-0.2, 0) is 9.53 Å². The third-order valence-corrected chi connectivity index (χ3v) is 8.84. The van der Waals surface area contributed by atoms with Gasteiger partial charge in [-0.2, -0.15) is 0 Å². The second-order valence-corrected chi connectivity index (χ2v) is 11.2. The topological polar surface area (TPSA) is 26.3 Å². The number of carbonyl (C=O) groups is 1. The summed E-state index contributed by atoms with van der Waals surface area (Å²) in [6.07, 6.45) is 21.2. The summed E-state index contributed by atoms with van der Waals surface area (Å²) in [6.45, 7) is 4.69. The highest BCUT2D eigenvalue weighted by atomic mass is 32.2. The van der Waals surface area contributed by atoms with Crippen molar-refractivity contribution < 1.29 is 9.53 Å². The maximum Gasteiger partial charge on any atom is 0.308 e. The van der Waals surface area contributed by atoms with Gasteiger partial charge >= 0.3 is 5.97 Å². The van der Waals surface area contributed by atoms with Crippen molar-refractivity contribution in [1.82, 2.24) is 0 Å². The van der Waals surface area contributed by atoms with Gasteiger partial charge in [0, 0.05) is 0 Å². The number of thioether (sulfide) groups is 2. The Labute approximate surface area is 177 Å². The summed E-state index contributed by atoms with van der Waals surface area (Å²) < 4.78 is 5.32. The molecule has 0 spiro atoms. The van der Waals surface area contributed by atoms with Crippen molar-refractivity contribution in [3.05, 3.63) is 0 Å². The summed E-state index contributed by atoms with van der Waals surface area (Å²) in [6, 6.07) is 0. The molecule has 0 atom stereocenters. The van der Waals surface area contributed by atoms with E-state index in [0.717, 1.165) is 0 Å². The molecule has 0 amide bonds. The summed E-state index contributed by atoms with van der Waals surface area (Å²) in [5, 5.41) is 0. The third-order valence-electron chi connectivity index (χ3n) is 5.40. The van der Waals surface area contributed by atoms with Crippen LogP contribution in [0.1, 0.15) is 117 Å². The Morgan fingerprint density at radius 1 is 0.778 bits per heavy atom. The molecule has 0 unspecified atom stereocenters. The van der Waals surface area contributed by atoms with Crippen LogP contribution in [0, 0.1) is 0 Å². The van der Waals surface area contributed by atoms with Crippen molar-refractivity contribution in [2.24, 2.45) is 0 Å². The lowest BCUT2D eigenvalue weighted by atomic mass is 10.0. The minimum atomic E-state index is -0.00547. The molecule has 0 bridgehead atoms. The number of rotatable bonds is 17. The van der Waals surface area contributed by atoms with Crippen LogP contribution in [0.3, 0.4) is 0 Å². The van der Waals surface area contributed by atoms with Gasteiger partial charge in [0.25, 0.3) is 0 Å². The molecule has 1 aliphatic heterocycles. The maximum absolute atomic E-state index is 12.0. The Morgan fingerprint density at radius 2 is 1.26 bits per heavy atom. The predicted octanol–water partition coefficient (Wildman–Crippen LogP) is 7.99. The molecule has 1 fully saturated rings. The lowest BCUT2D eigenvalue weighted by Gasteiger charge is -2.35. The molecule has 0 radical (unpaired) electrons. The molecule has 0 N–H and O–H groups in total. The number of carbonyl (C=O) groups excluding carboxylic acids is 1. The van der Waals surface area contributed by atoms with Crippen LogP contribution < -0.4 is 0 Å². The summed E-state index contributed by atoms with van der Waals surface area (Å²) in [5.41, 5.74) is 0. The second kappa shape index (κ2) is 17.1. The molecule has 160 valence electrons. The fourth-order valence-corrected chi connectivity index (χ4v) is 7.15. The number of hydrogen-bond acceptors (Lipinski definition) is 4. The fourth-order valence-electron chi connectivity index (χ4n) is 3.80. The van der Waals surface area contributed by atoms with Crippen LogP contribution in [0.2, 0.25) is 0 Å². The molecule has 1 rings (SSSR count). The molecular weight excluding hydrogens is 372 g/mol. The smallest absolute Gasteiger partial charge is 0.308 e. The van der Waals surface area contributed by atoms with Gasteiger partial charge in [-0.05, 0) is 31.3 Å². The van der Waals surface area contributed by atoms with Gasteiger partial charge in [0.15, 0.2) is 0 Å². The number of unbranched alkanes of at least 4 members (excludes halogenated alkanes) is 12. The van der Waals surface area contributed by atoms with E-state index in [1.807, 2.05) is 30.4 Å². The molecular formula is C23H44O2S2. The first-order valence-electron chi connectivity index (χ1n) is 11.7. The lowest BCUT2D eigenvalue weighted by molar-refractivity contribution is -0.143. The largest absolute Gasteiger partial charge is 0.466 e. The van der Waals surface area contributed by atoms with Gasteiger partial charge in [0.2, 0.25) is 0 Å². The van der Waals surface area contributed by atoms with E-state index in [2.05, 4.69) is 6.92 Å². The van der Waals surface area contributed by atoms with Crippen LogP contribution in [-0.4, -0.2) is 28.2 Å². The Morgan fingerprint density at radius 3 is 1.74 bits per heavy atom. The van der Waals surface area contributed by atoms with Gasteiger partial charge in [-0.25, -0.2) is 0 Å². The van der Waals surface area contributed by atoms with Gasteiger partial charge in [-0.1, -0.05) is 90.4 Å². The first-order valence-corrected chi connectivity index (χ1v) is 13.6. The Balaban J connectivity index is 2.02. The van der Waals surface area contributed by atoms with Crippen molar-refractivity contribution in [2.45, 2.75) is 121 Å². The van der Waals surface area contributed by atoms with Gasteiger partial charge in [-0.15, -0.1) is 23.5 Å². The zero-order valence-electron chi connectivity index (χ0n) is 18.1. The maximum atomic E-state index is 12.0. The zero-order valence-corrected chi connectivity index (χ0v) is 19.7. The average molecular weight is 417 g/mol. The standard InChI is InChI=1S/C23H44O2S2/c1-3-5-6-7-8-9-10-11-12-13-14-15-16-18-23(21-22(24)25-4-2)26-19-17-20-27-23/h3-21H2,1-2H3. The van der Waals surface area contributed by atoms with Crippen molar-refractivity contribution in [3.63, 3.8) is 0 Å². The van der Waals surface area contributed by atoms with Crippen LogP contribution >= 0.6 is 23.5 Å². The molecule has 27 heavy (non-hydrogen) atoms. The molecule has 1 heterocycles. The van der Waals surface area contributed by atoms with Gasteiger partial charge < -0.3 is 4.74 Å². The Bertz CT molecular complexity index is 354. The monoisotopic (exact) mass is 416 g/mol. The van der Waals surface area contributed by atoms with E-state index in [0.29, 0.717) is 13.0 Å². The molecule has 0 aromatic carbocycles. The second-order valence-electron chi connectivity index (χ2n) is 7.94. The van der Waals surface area contributed by atoms with Crippen molar-refractivity contribution in [3.8, 4) is 0 Å². The summed E-state index contributed by atoms with van der Waals surface area (Å²) in [4.78, 5) is 12.0. The number of esters is 1. The number of ether oxygens (including phenoxy) is 1. The number of hydrogen-bond donors (Lipinski definition) is 0. The van der Waals surface area contributed by atoms with Crippen LogP contribution in [0.5, 0.6) is 0 Å². The van der Waals surface area contributed by atoms with E-state index in [1.165, 1.54) is 108 Å². The molecule has 0 aliphatic carbocycles. The molecule has 2 nitrogen and oxygen atoms in total. The minimum Gasteiger partial charge on any atom is -0.466 e. The first-order chi connectivity index (χ1) is 13.2. The van der Waals surface area contributed by atoms with Gasteiger partial charge in [0.1, 0.15) is 0 Å². The highest BCUT2D eigenvalue weighted by molar-refractivity contribution is 8.18. The summed E-state index contributed by atoms with van der Waals surface area (Å²) >= 11 is 4.02. The van der Waals surface area contributed by atoms with Crippen molar-refractivity contribution in [2.75, 3.05) is 18.1 Å². The van der Waals surface area contributed by atoms with Crippen LogP contribution in [0.4, 0.5) is 0 Å². The molecule has 1 aliphatic rings. The Kier molecular flexibility index (Phi) is 15.9. The normalized spacial score (nSPS) is 16.4. The lowest BCUT2D eigenvalue weighted by Crippen LogP contribution is -2.29. The van der Waals surface area contributed by atoms with E-state index >= 15 is 0 Å². The highest BCUT2D eigenvalue weighted by Gasteiger charge is 2.36. The van der Waals surface area contributed by atoms with E-state index < -0.39 is 0 Å². The van der Waals surface area contributed by atoms with Gasteiger partial charge in [-0.3, -0.25) is 4.79 Å². The van der Waals surface area contributed by atoms with E-state index in [1.54, 1.807) is 0 Å². The van der Waals surface area contributed by atoms with E-state index in [4.69, 9.17) is 4.74 Å². The Hall–Kier alpha value is 0.170. The molecule has 4 heteroatoms. The zero-order chi connectivity index (χ0) is 19.6. The third kappa shape index (κ3) is 13.1. The average Bonchev–Trinajstić information content (AvgIpc) is 2.66. The summed E-state index contributed by atoms with van der Waals surface area (Å²) in [5.74, 6) is 2.39. The first kappa shape index (κ1) is 25.2. The molecule has 1 saturated heterocycles. The molecule has 0 aromatic heterocycles. The van der Waals surface area contributed by atoms with Crippen LogP contribution in [0.15, 0.2) is 0 Å². The molecule has 0 aromatic rings. The minimum absolute atomic E-state index is 0.00547. The SMILES string of the molecule is CCCCCCCCCCCCCCCC1(CC(=O)OCC)SCCCS1. The van der Waals surface area contributed by atoms with E-state index in [9.17, 15) is 4.79 Å². The highest BCUT2D eigenvalue weighted by Crippen LogP contribution is 2.48. The van der Waals surface area contributed by atoms with Crippen molar-refractivity contribution in [1.29, 1.82) is 0 Å². The predicted molar refractivity (Wildman–Crippen MR) is 124 cm³/mol. The summed E-state index contributed by atoms with van der Waals surface area (Å²) in [7, 11) is 0. The fraction of sp³-hybridized carbons (Fsp3) is 0.957. The van der Waals surface area contributed by atoms with E-state index in [-0.39, 0.29) is 10.0 Å². The molecule has 0 saturated carbocycles.